The number of carbonyl (C=O) groups is 1. The average Bonchev–Trinajstić information content (AvgIpc) is 2.70. The molecule has 1 aliphatic rings. The first-order valence-corrected chi connectivity index (χ1v) is 10.3. The molecule has 3 nitrogen and oxygen atoms in total. The van der Waals surface area contributed by atoms with Gasteiger partial charge in [-0.15, -0.1) is 0 Å². The van der Waals surface area contributed by atoms with E-state index in [1.807, 2.05) is 36.4 Å². The highest BCUT2D eigenvalue weighted by Gasteiger charge is 2.25. The maximum absolute atomic E-state index is 12.5. The van der Waals surface area contributed by atoms with Crippen LogP contribution in [0.1, 0.15) is 36.8 Å². The molecule has 0 unspecified atom stereocenters. The van der Waals surface area contributed by atoms with E-state index in [1.165, 1.54) is 5.56 Å². The highest BCUT2D eigenvalue weighted by molar-refractivity contribution is 6.35. The average molecular weight is 405 g/mol. The van der Waals surface area contributed by atoms with Gasteiger partial charge in [0.2, 0.25) is 5.91 Å². The molecule has 1 aliphatic heterocycles. The van der Waals surface area contributed by atoms with Crippen LogP contribution in [0.3, 0.4) is 0 Å². The summed E-state index contributed by atoms with van der Waals surface area (Å²) in [4.78, 5) is 14.9. The van der Waals surface area contributed by atoms with Crippen molar-refractivity contribution in [3.05, 3.63) is 69.7 Å². The first-order valence-electron chi connectivity index (χ1n) is 9.52. The molecule has 1 heterocycles. The predicted molar refractivity (Wildman–Crippen MR) is 112 cm³/mol. The van der Waals surface area contributed by atoms with E-state index in [0.29, 0.717) is 22.5 Å². The van der Waals surface area contributed by atoms with Crippen LogP contribution in [0.25, 0.3) is 0 Å². The summed E-state index contributed by atoms with van der Waals surface area (Å²) in [6.45, 7) is 5.32. The number of nitrogens with zero attached hydrogens (tertiary/aromatic N) is 1. The fraction of sp³-hybridized carbons (Fsp3) is 0.409. The molecule has 1 fully saturated rings. The molecule has 1 atom stereocenters. The zero-order valence-electron chi connectivity index (χ0n) is 15.6. The van der Waals surface area contributed by atoms with E-state index in [-0.39, 0.29) is 11.8 Å². The van der Waals surface area contributed by atoms with Crippen LogP contribution in [0.4, 0.5) is 0 Å². The number of hydrogen-bond donors (Lipinski definition) is 1. The molecule has 27 heavy (non-hydrogen) atoms. The molecule has 0 bridgehead atoms. The molecule has 0 saturated carbocycles. The Kier molecular flexibility index (Phi) is 7.17. The van der Waals surface area contributed by atoms with Gasteiger partial charge in [-0.2, -0.15) is 0 Å². The zero-order valence-corrected chi connectivity index (χ0v) is 17.1. The molecule has 5 heteroatoms. The largest absolute Gasteiger partial charge is 0.355 e. The molecule has 1 amide bonds. The second kappa shape index (κ2) is 9.59. The highest BCUT2D eigenvalue weighted by atomic mass is 35.5. The molecule has 2 aromatic carbocycles. The number of benzene rings is 2. The third-order valence-corrected chi connectivity index (χ3v) is 6.06. The second-order valence-corrected chi connectivity index (χ2v) is 8.12. The smallest absolute Gasteiger partial charge is 0.223 e. The fourth-order valence-electron chi connectivity index (χ4n) is 3.56. The highest BCUT2D eigenvalue weighted by Crippen LogP contribution is 2.27. The molecule has 3 rings (SSSR count). The van der Waals surface area contributed by atoms with Crippen molar-refractivity contribution in [3.63, 3.8) is 0 Å². The van der Waals surface area contributed by atoms with Gasteiger partial charge < -0.3 is 5.32 Å². The van der Waals surface area contributed by atoms with Gasteiger partial charge in [0.15, 0.2) is 0 Å². The number of amides is 1. The standard InChI is InChI=1S/C22H26Cl2N2O/c1-16(17-6-3-2-4-7-17)14-25-22(27)18-10-12-26(13-11-18)15-19-20(23)8-5-9-21(19)24/h2-9,16,18H,10-15H2,1H3,(H,25,27)/t16-/m0/s1. The third-order valence-electron chi connectivity index (χ3n) is 5.35. The van der Waals surface area contributed by atoms with Gasteiger partial charge in [-0.05, 0) is 49.5 Å². The molecular weight excluding hydrogens is 379 g/mol. The molecule has 0 radical (unpaired) electrons. The van der Waals surface area contributed by atoms with Crippen LogP contribution in [-0.2, 0) is 11.3 Å². The topological polar surface area (TPSA) is 32.3 Å². The monoisotopic (exact) mass is 404 g/mol. The summed E-state index contributed by atoms with van der Waals surface area (Å²) < 4.78 is 0. The van der Waals surface area contributed by atoms with Gasteiger partial charge in [0, 0.05) is 34.6 Å². The summed E-state index contributed by atoms with van der Waals surface area (Å²) in [6, 6.07) is 15.9. The lowest BCUT2D eigenvalue weighted by molar-refractivity contribution is -0.126. The summed E-state index contributed by atoms with van der Waals surface area (Å²) in [5.74, 6) is 0.580. The SMILES string of the molecule is C[C@@H](CNC(=O)C1CCN(Cc2c(Cl)cccc2Cl)CC1)c1ccccc1. The van der Waals surface area contributed by atoms with Crippen molar-refractivity contribution in [1.82, 2.24) is 10.2 Å². The minimum absolute atomic E-state index is 0.0888. The Morgan fingerprint density at radius 2 is 1.70 bits per heavy atom. The molecule has 144 valence electrons. The Labute approximate surface area is 171 Å². The van der Waals surface area contributed by atoms with Crippen molar-refractivity contribution >= 4 is 29.1 Å². The third kappa shape index (κ3) is 5.47. The van der Waals surface area contributed by atoms with Crippen LogP contribution < -0.4 is 5.32 Å². The molecule has 0 spiro atoms. The van der Waals surface area contributed by atoms with Gasteiger partial charge in [0.05, 0.1) is 0 Å². The number of halogens is 2. The fourth-order valence-corrected chi connectivity index (χ4v) is 4.07. The number of piperidine rings is 1. The molecule has 0 aromatic heterocycles. The van der Waals surface area contributed by atoms with Crippen LogP contribution >= 0.6 is 23.2 Å². The molecule has 2 aromatic rings. The summed E-state index contributed by atoms with van der Waals surface area (Å²) in [6.07, 6.45) is 1.74. The molecular formula is C22H26Cl2N2O. The minimum Gasteiger partial charge on any atom is -0.355 e. The summed E-state index contributed by atoms with van der Waals surface area (Å²) in [5.41, 5.74) is 2.23. The number of rotatable bonds is 6. The Morgan fingerprint density at radius 3 is 2.33 bits per heavy atom. The molecule has 1 N–H and O–H groups in total. The molecule has 1 saturated heterocycles. The van der Waals surface area contributed by atoms with E-state index < -0.39 is 0 Å². The van der Waals surface area contributed by atoms with Crippen molar-refractivity contribution < 1.29 is 4.79 Å². The Bertz CT molecular complexity index is 738. The Hall–Kier alpha value is -1.55. The van der Waals surface area contributed by atoms with E-state index in [0.717, 1.165) is 38.0 Å². The maximum Gasteiger partial charge on any atom is 0.223 e. The van der Waals surface area contributed by atoms with Gasteiger partial charge in [0.1, 0.15) is 0 Å². The van der Waals surface area contributed by atoms with E-state index in [4.69, 9.17) is 23.2 Å². The predicted octanol–water partition coefficient (Wildman–Crippen LogP) is 5.13. The van der Waals surface area contributed by atoms with Gasteiger partial charge in [0.25, 0.3) is 0 Å². The number of carbonyl (C=O) groups excluding carboxylic acids is 1. The number of hydrogen-bond acceptors (Lipinski definition) is 2. The lowest BCUT2D eigenvalue weighted by Crippen LogP contribution is -2.41. The minimum atomic E-state index is 0.0888. The quantitative estimate of drug-likeness (QED) is 0.723. The van der Waals surface area contributed by atoms with Gasteiger partial charge >= 0.3 is 0 Å². The summed E-state index contributed by atoms with van der Waals surface area (Å²) in [7, 11) is 0. The molecule has 0 aliphatic carbocycles. The van der Waals surface area contributed by atoms with E-state index >= 15 is 0 Å². The van der Waals surface area contributed by atoms with Crippen molar-refractivity contribution in [2.24, 2.45) is 5.92 Å². The van der Waals surface area contributed by atoms with Gasteiger partial charge in [-0.3, -0.25) is 9.69 Å². The van der Waals surface area contributed by atoms with Crippen LogP contribution in [0.5, 0.6) is 0 Å². The van der Waals surface area contributed by atoms with Gasteiger partial charge in [-0.1, -0.05) is 66.5 Å². The summed E-state index contributed by atoms with van der Waals surface area (Å²) >= 11 is 12.5. The van der Waals surface area contributed by atoms with E-state index in [1.54, 1.807) is 0 Å². The van der Waals surface area contributed by atoms with Crippen LogP contribution in [0.15, 0.2) is 48.5 Å². The van der Waals surface area contributed by atoms with Crippen LogP contribution in [-0.4, -0.2) is 30.4 Å². The van der Waals surface area contributed by atoms with Gasteiger partial charge in [-0.25, -0.2) is 0 Å². The Balaban J connectivity index is 1.45. The van der Waals surface area contributed by atoms with E-state index in [9.17, 15) is 4.79 Å². The lowest BCUT2D eigenvalue weighted by Gasteiger charge is -2.32. The summed E-state index contributed by atoms with van der Waals surface area (Å²) in [5, 5.41) is 4.55. The number of nitrogens with one attached hydrogen (secondary N) is 1. The lowest BCUT2D eigenvalue weighted by atomic mass is 9.95. The zero-order chi connectivity index (χ0) is 19.2. The van der Waals surface area contributed by atoms with Crippen molar-refractivity contribution in [2.75, 3.05) is 19.6 Å². The second-order valence-electron chi connectivity index (χ2n) is 7.31. The van der Waals surface area contributed by atoms with Crippen LogP contribution in [0.2, 0.25) is 10.0 Å². The first kappa shape index (κ1) is 20.2. The van der Waals surface area contributed by atoms with Crippen LogP contribution in [0, 0.1) is 5.92 Å². The normalized spacial score (nSPS) is 16.9. The first-order chi connectivity index (χ1) is 13.0. The maximum atomic E-state index is 12.5. The number of likely N-dealkylation sites (tertiary alicyclic amines) is 1. The van der Waals surface area contributed by atoms with E-state index in [2.05, 4.69) is 29.3 Å². The van der Waals surface area contributed by atoms with Crippen molar-refractivity contribution in [2.45, 2.75) is 32.2 Å². The van der Waals surface area contributed by atoms with Crippen molar-refractivity contribution in [1.29, 1.82) is 0 Å². The van der Waals surface area contributed by atoms with Crippen molar-refractivity contribution in [3.8, 4) is 0 Å². The Morgan fingerprint density at radius 1 is 1.07 bits per heavy atom.